The lowest BCUT2D eigenvalue weighted by molar-refractivity contribution is -0.113. The van der Waals surface area contributed by atoms with Crippen LogP contribution in [0.2, 0.25) is 0 Å². The summed E-state index contributed by atoms with van der Waals surface area (Å²) in [5.41, 5.74) is 1.96. The van der Waals surface area contributed by atoms with E-state index in [9.17, 15) is 4.79 Å². The average Bonchev–Trinajstić information content (AvgIpc) is 2.27. The van der Waals surface area contributed by atoms with E-state index in [1.165, 1.54) is 10.5 Å². The van der Waals surface area contributed by atoms with Crippen molar-refractivity contribution in [1.82, 2.24) is 0 Å². The fourth-order valence-corrected chi connectivity index (χ4v) is 1.15. The SMILES string of the molecule is CCc1ccc(N(C)C(=O)C#N)cc1. The van der Waals surface area contributed by atoms with Crippen LogP contribution in [-0.2, 0) is 11.2 Å². The second kappa shape index (κ2) is 4.43. The summed E-state index contributed by atoms with van der Waals surface area (Å²) in [7, 11) is 1.59. The van der Waals surface area contributed by atoms with Crippen LogP contribution in [0.5, 0.6) is 0 Å². The highest BCUT2D eigenvalue weighted by Gasteiger charge is 2.08. The maximum atomic E-state index is 11.0. The minimum Gasteiger partial charge on any atom is -0.303 e. The van der Waals surface area contributed by atoms with Gasteiger partial charge in [-0.25, -0.2) is 0 Å². The Morgan fingerprint density at radius 1 is 1.43 bits per heavy atom. The van der Waals surface area contributed by atoms with E-state index in [-0.39, 0.29) is 0 Å². The molecule has 0 saturated heterocycles. The van der Waals surface area contributed by atoms with E-state index in [4.69, 9.17) is 5.26 Å². The van der Waals surface area contributed by atoms with Crippen LogP contribution in [0.1, 0.15) is 12.5 Å². The third kappa shape index (κ3) is 2.11. The van der Waals surface area contributed by atoms with Gasteiger partial charge in [0.05, 0.1) is 0 Å². The number of anilines is 1. The van der Waals surface area contributed by atoms with Gasteiger partial charge in [-0.3, -0.25) is 4.79 Å². The van der Waals surface area contributed by atoms with E-state index in [2.05, 4.69) is 6.92 Å². The number of carbonyl (C=O) groups is 1. The molecule has 0 heterocycles. The zero-order chi connectivity index (χ0) is 10.6. The molecule has 1 amide bonds. The first-order chi connectivity index (χ1) is 6.69. The maximum absolute atomic E-state index is 11.0. The molecule has 72 valence electrons. The van der Waals surface area contributed by atoms with Crippen molar-refractivity contribution in [2.75, 3.05) is 11.9 Å². The monoisotopic (exact) mass is 188 g/mol. The van der Waals surface area contributed by atoms with Gasteiger partial charge in [-0.2, -0.15) is 5.26 Å². The minimum atomic E-state index is -0.547. The molecule has 0 fully saturated rings. The highest BCUT2D eigenvalue weighted by atomic mass is 16.2. The van der Waals surface area contributed by atoms with Crippen LogP contribution in [0, 0.1) is 11.3 Å². The van der Waals surface area contributed by atoms with E-state index in [1.54, 1.807) is 13.1 Å². The number of aryl methyl sites for hydroxylation is 1. The summed E-state index contributed by atoms with van der Waals surface area (Å²) >= 11 is 0. The van der Waals surface area contributed by atoms with E-state index >= 15 is 0 Å². The summed E-state index contributed by atoms with van der Waals surface area (Å²) in [6.07, 6.45) is 0.968. The van der Waals surface area contributed by atoms with Crippen molar-refractivity contribution in [1.29, 1.82) is 5.26 Å². The number of amides is 1. The van der Waals surface area contributed by atoms with Gasteiger partial charge in [-0.15, -0.1) is 0 Å². The number of nitrogens with zero attached hydrogens (tertiary/aromatic N) is 2. The first kappa shape index (κ1) is 10.3. The van der Waals surface area contributed by atoms with Crippen molar-refractivity contribution in [2.24, 2.45) is 0 Å². The van der Waals surface area contributed by atoms with E-state index in [1.807, 2.05) is 24.3 Å². The predicted octanol–water partition coefficient (Wildman–Crippen LogP) is 1.74. The molecule has 0 atom stereocenters. The number of hydrogen-bond acceptors (Lipinski definition) is 2. The topological polar surface area (TPSA) is 44.1 Å². The molecular formula is C11H12N2O. The van der Waals surface area contributed by atoms with Gasteiger partial charge < -0.3 is 4.90 Å². The molecule has 0 aliphatic carbocycles. The Morgan fingerprint density at radius 2 is 2.00 bits per heavy atom. The van der Waals surface area contributed by atoms with Crippen molar-refractivity contribution in [3.05, 3.63) is 29.8 Å². The summed E-state index contributed by atoms with van der Waals surface area (Å²) in [5.74, 6) is -0.547. The van der Waals surface area contributed by atoms with Crippen LogP contribution in [-0.4, -0.2) is 13.0 Å². The molecule has 0 aliphatic heterocycles. The van der Waals surface area contributed by atoms with Gasteiger partial charge in [0.15, 0.2) is 6.07 Å². The van der Waals surface area contributed by atoms with Crippen LogP contribution >= 0.6 is 0 Å². The number of carbonyl (C=O) groups excluding carboxylic acids is 1. The molecule has 0 radical (unpaired) electrons. The zero-order valence-electron chi connectivity index (χ0n) is 8.32. The molecular weight excluding hydrogens is 176 g/mol. The lowest BCUT2D eigenvalue weighted by Crippen LogP contribution is -2.24. The summed E-state index contributed by atoms with van der Waals surface area (Å²) in [4.78, 5) is 12.4. The quantitative estimate of drug-likeness (QED) is 0.663. The van der Waals surface area contributed by atoms with Gasteiger partial charge in [-0.1, -0.05) is 19.1 Å². The average molecular weight is 188 g/mol. The van der Waals surface area contributed by atoms with E-state index in [0.717, 1.165) is 12.1 Å². The second-order valence-corrected chi connectivity index (χ2v) is 3.00. The zero-order valence-corrected chi connectivity index (χ0v) is 8.32. The summed E-state index contributed by atoms with van der Waals surface area (Å²) in [6, 6.07) is 9.17. The molecule has 1 aromatic rings. The molecule has 0 unspecified atom stereocenters. The van der Waals surface area contributed by atoms with Gasteiger partial charge in [-0.05, 0) is 24.1 Å². The second-order valence-electron chi connectivity index (χ2n) is 3.00. The smallest absolute Gasteiger partial charge is 0.303 e. The van der Waals surface area contributed by atoms with Crippen molar-refractivity contribution >= 4 is 11.6 Å². The van der Waals surface area contributed by atoms with Crippen molar-refractivity contribution in [2.45, 2.75) is 13.3 Å². The third-order valence-electron chi connectivity index (χ3n) is 2.13. The molecule has 1 rings (SSSR count). The van der Waals surface area contributed by atoms with Crippen LogP contribution in [0.3, 0.4) is 0 Å². The molecule has 0 N–H and O–H groups in total. The maximum Gasteiger partial charge on any atom is 0.329 e. The molecule has 14 heavy (non-hydrogen) atoms. The van der Waals surface area contributed by atoms with Crippen LogP contribution in [0.15, 0.2) is 24.3 Å². The molecule has 0 aliphatic rings. The molecule has 0 spiro atoms. The molecule has 0 bridgehead atoms. The van der Waals surface area contributed by atoms with Gasteiger partial charge in [0.2, 0.25) is 0 Å². The third-order valence-corrected chi connectivity index (χ3v) is 2.13. The highest BCUT2D eigenvalue weighted by molar-refractivity contribution is 6.03. The molecule has 0 saturated carbocycles. The fraction of sp³-hybridized carbons (Fsp3) is 0.273. The highest BCUT2D eigenvalue weighted by Crippen LogP contribution is 2.13. The Kier molecular flexibility index (Phi) is 3.24. The normalized spacial score (nSPS) is 9.21. The predicted molar refractivity (Wildman–Crippen MR) is 54.8 cm³/mol. The van der Waals surface area contributed by atoms with Crippen LogP contribution in [0.4, 0.5) is 5.69 Å². The minimum absolute atomic E-state index is 0.547. The van der Waals surface area contributed by atoms with Gasteiger partial charge >= 0.3 is 5.91 Å². The summed E-state index contributed by atoms with van der Waals surface area (Å²) in [5, 5.41) is 8.43. The largest absolute Gasteiger partial charge is 0.329 e. The Labute approximate surface area is 83.6 Å². The lowest BCUT2D eigenvalue weighted by Gasteiger charge is -2.13. The Hall–Kier alpha value is -1.82. The van der Waals surface area contributed by atoms with Crippen molar-refractivity contribution in [3.8, 4) is 6.07 Å². The number of benzene rings is 1. The van der Waals surface area contributed by atoms with Gasteiger partial charge in [0.25, 0.3) is 0 Å². The van der Waals surface area contributed by atoms with Crippen LogP contribution < -0.4 is 4.90 Å². The molecule has 0 aromatic heterocycles. The summed E-state index contributed by atoms with van der Waals surface area (Å²) < 4.78 is 0. The van der Waals surface area contributed by atoms with Gasteiger partial charge in [0.1, 0.15) is 0 Å². The first-order valence-corrected chi connectivity index (χ1v) is 4.45. The standard InChI is InChI=1S/C11H12N2O/c1-3-9-4-6-10(7-5-9)13(2)11(14)8-12/h4-7H,3H2,1-2H3. The van der Waals surface area contributed by atoms with Gasteiger partial charge in [0, 0.05) is 12.7 Å². The lowest BCUT2D eigenvalue weighted by atomic mass is 10.1. The number of nitriles is 1. The van der Waals surface area contributed by atoms with Crippen molar-refractivity contribution in [3.63, 3.8) is 0 Å². The Morgan fingerprint density at radius 3 is 2.43 bits per heavy atom. The fourth-order valence-electron chi connectivity index (χ4n) is 1.15. The van der Waals surface area contributed by atoms with E-state index in [0.29, 0.717) is 0 Å². The number of hydrogen-bond donors (Lipinski definition) is 0. The van der Waals surface area contributed by atoms with Crippen molar-refractivity contribution < 1.29 is 4.79 Å². The molecule has 1 aromatic carbocycles. The molecule has 3 nitrogen and oxygen atoms in total. The Balaban J connectivity index is 2.88. The molecule has 3 heteroatoms. The van der Waals surface area contributed by atoms with Crippen LogP contribution in [0.25, 0.3) is 0 Å². The first-order valence-electron chi connectivity index (χ1n) is 4.45. The number of rotatable bonds is 2. The Bertz CT molecular complexity index is 362. The summed E-state index contributed by atoms with van der Waals surface area (Å²) in [6.45, 7) is 2.07. The van der Waals surface area contributed by atoms with E-state index < -0.39 is 5.91 Å².